The highest BCUT2D eigenvalue weighted by atomic mass is 32.2. The summed E-state index contributed by atoms with van der Waals surface area (Å²) >= 11 is 0. The van der Waals surface area contributed by atoms with Crippen molar-refractivity contribution in [2.75, 3.05) is 20.1 Å². The fourth-order valence-electron chi connectivity index (χ4n) is 2.75. The Balaban J connectivity index is 1.98. The van der Waals surface area contributed by atoms with Crippen molar-refractivity contribution in [3.05, 3.63) is 35.9 Å². The third kappa shape index (κ3) is 4.03. The van der Waals surface area contributed by atoms with Gasteiger partial charge in [0.25, 0.3) is 10.2 Å². The minimum Gasteiger partial charge on any atom is -0.328 e. The molecule has 2 rings (SSSR count). The summed E-state index contributed by atoms with van der Waals surface area (Å²) in [5.74, 6) is 0.427. The molecule has 1 aromatic rings. The van der Waals surface area contributed by atoms with Crippen molar-refractivity contribution >= 4 is 10.2 Å². The maximum atomic E-state index is 12.6. The maximum absolute atomic E-state index is 12.6. The molecule has 1 aliphatic heterocycles. The second kappa shape index (κ2) is 6.87. The van der Waals surface area contributed by atoms with Crippen LogP contribution in [0, 0.1) is 5.92 Å². The summed E-state index contributed by atoms with van der Waals surface area (Å²) in [4.78, 5) is 0. The van der Waals surface area contributed by atoms with Gasteiger partial charge in [-0.15, -0.1) is 0 Å². The Labute approximate surface area is 127 Å². The molecule has 0 spiro atoms. The Morgan fingerprint density at radius 1 is 1.29 bits per heavy atom. The van der Waals surface area contributed by atoms with Gasteiger partial charge in [-0.2, -0.15) is 17.0 Å². The van der Waals surface area contributed by atoms with Crippen LogP contribution in [0.25, 0.3) is 0 Å². The number of nitrogens with two attached hydrogens (primary N) is 1. The Morgan fingerprint density at radius 3 is 2.38 bits per heavy atom. The van der Waals surface area contributed by atoms with E-state index in [4.69, 9.17) is 5.73 Å². The van der Waals surface area contributed by atoms with Crippen molar-refractivity contribution < 1.29 is 8.42 Å². The minimum atomic E-state index is -3.38. The van der Waals surface area contributed by atoms with E-state index in [0.717, 1.165) is 18.4 Å². The number of piperidine rings is 1. The van der Waals surface area contributed by atoms with Crippen LogP contribution >= 0.6 is 0 Å². The molecule has 1 saturated heterocycles. The lowest BCUT2D eigenvalue weighted by molar-refractivity contribution is 0.238. The van der Waals surface area contributed by atoms with Crippen molar-refractivity contribution in [3.63, 3.8) is 0 Å². The Kier molecular flexibility index (Phi) is 5.37. The van der Waals surface area contributed by atoms with E-state index in [1.54, 1.807) is 11.4 Å². The fourth-order valence-corrected chi connectivity index (χ4v) is 4.13. The normalized spacial score (nSPS) is 19.8. The van der Waals surface area contributed by atoms with E-state index in [9.17, 15) is 8.42 Å². The first-order valence-electron chi connectivity index (χ1n) is 7.42. The van der Waals surface area contributed by atoms with Gasteiger partial charge in [-0.05, 0) is 31.2 Å². The summed E-state index contributed by atoms with van der Waals surface area (Å²) < 4.78 is 28.2. The Morgan fingerprint density at radius 2 is 1.86 bits per heavy atom. The number of hydrogen-bond donors (Lipinski definition) is 1. The molecule has 1 aromatic carbocycles. The van der Waals surface area contributed by atoms with Gasteiger partial charge in [0.05, 0.1) is 0 Å². The summed E-state index contributed by atoms with van der Waals surface area (Å²) in [5.41, 5.74) is 6.90. The van der Waals surface area contributed by atoms with E-state index in [-0.39, 0.29) is 6.04 Å². The van der Waals surface area contributed by atoms with Crippen LogP contribution in [0.5, 0.6) is 0 Å². The summed E-state index contributed by atoms with van der Waals surface area (Å²) in [7, 11) is -1.74. The quantitative estimate of drug-likeness (QED) is 0.894. The van der Waals surface area contributed by atoms with Crippen molar-refractivity contribution in [3.8, 4) is 0 Å². The third-order valence-corrected chi connectivity index (χ3v) is 6.14. The lowest BCUT2D eigenvalue weighted by Crippen LogP contribution is -2.47. The average molecular weight is 311 g/mol. The van der Waals surface area contributed by atoms with E-state index in [1.165, 1.54) is 4.31 Å². The highest BCUT2D eigenvalue weighted by Crippen LogP contribution is 2.23. The van der Waals surface area contributed by atoms with Crippen molar-refractivity contribution in [2.45, 2.75) is 32.4 Å². The zero-order valence-corrected chi connectivity index (χ0v) is 13.6. The van der Waals surface area contributed by atoms with Crippen LogP contribution in [0.4, 0.5) is 0 Å². The second-order valence-electron chi connectivity index (χ2n) is 5.85. The van der Waals surface area contributed by atoms with E-state index in [2.05, 4.69) is 0 Å². The molecule has 1 aliphatic rings. The van der Waals surface area contributed by atoms with E-state index in [0.29, 0.717) is 25.6 Å². The van der Waals surface area contributed by atoms with Gasteiger partial charge in [0.1, 0.15) is 0 Å². The summed E-state index contributed by atoms with van der Waals surface area (Å²) in [6.45, 7) is 3.52. The highest BCUT2D eigenvalue weighted by Gasteiger charge is 2.31. The lowest BCUT2D eigenvalue weighted by atomic mass is 9.92. The van der Waals surface area contributed by atoms with Crippen LogP contribution in [0.2, 0.25) is 0 Å². The molecule has 5 nitrogen and oxygen atoms in total. The molecule has 2 N–H and O–H groups in total. The second-order valence-corrected chi connectivity index (χ2v) is 7.88. The first-order chi connectivity index (χ1) is 9.91. The van der Waals surface area contributed by atoms with E-state index in [1.807, 2.05) is 37.3 Å². The number of hydrogen-bond acceptors (Lipinski definition) is 3. The summed E-state index contributed by atoms with van der Waals surface area (Å²) in [5, 5.41) is 0. The predicted octanol–water partition coefficient (Wildman–Crippen LogP) is 1.42. The Bertz CT molecular complexity index is 537. The van der Waals surface area contributed by atoms with Crippen LogP contribution in [-0.4, -0.2) is 43.2 Å². The SMILES string of the molecule is CC(N)C1CCN(S(=O)(=O)N(C)Cc2ccccc2)CC1. The van der Waals surface area contributed by atoms with E-state index < -0.39 is 10.2 Å². The first kappa shape index (κ1) is 16.4. The monoisotopic (exact) mass is 311 g/mol. The molecule has 0 aromatic heterocycles. The molecular weight excluding hydrogens is 286 g/mol. The molecule has 1 heterocycles. The molecule has 0 radical (unpaired) electrons. The molecule has 1 fully saturated rings. The van der Waals surface area contributed by atoms with Gasteiger partial charge in [0.2, 0.25) is 0 Å². The zero-order chi connectivity index (χ0) is 15.5. The van der Waals surface area contributed by atoms with Crippen LogP contribution in [0.1, 0.15) is 25.3 Å². The Hall–Kier alpha value is -0.950. The molecular formula is C15H25N3O2S. The average Bonchev–Trinajstić information content (AvgIpc) is 2.48. The van der Waals surface area contributed by atoms with Crippen LogP contribution < -0.4 is 5.73 Å². The zero-order valence-electron chi connectivity index (χ0n) is 12.8. The molecule has 0 saturated carbocycles. The van der Waals surface area contributed by atoms with Gasteiger partial charge in [-0.3, -0.25) is 0 Å². The minimum absolute atomic E-state index is 0.136. The first-order valence-corrected chi connectivity index (χ1v) is 8.82. The third-order valence-electron chi connectivity index (χ3n) is 4.21. The van der Waals surface area contributed by atoms with Crippen molar-refractivity contribution in [2.24, 2.45) is 11.7 Å². The highest BCUT2D eigenvalue weighted by molar-refractivity contribution is 7.86. The van der Waals surface area contributed by atoms with Crippen LogP contribution in [-0.2, 0) is 16.8 Å². The molecule has 0 aliphatic carbocycles. The largest absolute Gasteiger partial charge is 0.328 e. The van der Waals surface area contributed by atoms with Gasteiger partial charge in [0, 0.05) is 32.7 Å². The van der Waals surface area contributed by atoms with Crippen molar-refractivity contribution in [1.29, 1.82) is 0 Å². The number of rotatable bonds is 5. The molecule has 0 bridgehead atoms. The maximum Gasteiger partial charge on any atom is 0.282 e. The lowest BCUT2D eigenvalue weighted by Gasteiger charge is -2.35. The van der Waals surface area contributed by atoms with Crippen LogP contribution in [0.15, 0.2) is 30.3 Å². The summed E-state index contributed by atoms with van der Waals surface area (Å²) in [6.07, 6.45) is 1.69. The van der Waals surface area contributed by atoms with Gasteiger partial charge >= 0.3 is 0 Å². The number of nitrogens with zero attached hydrogens (tertiary/aromatic N) is 2. The van der Waals surface area contributed by atoms with Gasteiger partial charge in [-0.1, -0.05) is 30.3 Å². The standard InChI is InChI=1S/C15H25N3O2S/c1-13(16)15-8-10-18(11-9-15)21(19,20)17(2)12-14-6-4-3-5-7-14/h3-7,13,15H,8-12,16H2,1-2H3. The van der Waals surface area contributed by atoms with Crippen molar-refractivity contribution in [1.82, 2.24) is 8.61 Å². The molecule has 118 valence electrons. The molecule has 1 atom stereocenters. The fraction of sp³-hybridized carbons (Fsp3) is 0.600. The smallest absolute Gasteiger partial charge is 0.282 e. The topological polar surface area (TPSA) is 66.6 Å². The molecule has 1 unspecified atom stereocenters. The van der Waals surface area contributed by atoms with Gasteiger partial charge in [0.15, 0.2) is 0 Å². The predicted molar refractivity (Wildman–Crippen MR) is 84.8 cm³/mol. The molecule has 6 heteroatoms. The van der Waals surface area contributed by atoms with Gasteiger partial charge < -0.3 is 5.73 Å². The van der Waals surface area contributed by atoms with Gasteiger partial charge in [-0.25, -0.2) is 0 Å². The molecule has 21 heavy (non-hydrogen) atoms. The van der Waals surface area contributed by atoms with E-state index >= 15 is 0 Å². The summed E-state index contributed by atoms with van der Waals surface area (Å²) in [6, 6.07) is 9.78. The molecule has 0 amide bonds. The number of benzene rings is 1. The van der Waals surface area contributed by atoms with Crippen LogP contribution in [0.3, 0.4) is 0 Å².